The van der Waals surface area contributed by atoms with Crippen LogP contribution in [-0.2, 0) is 0 Å². The van der Waals surface area contributed by atoms with Crippen molar-refractivity contribution >= 4 is 0 Å². The number of benzene rings is 1. The highest BCUT2D eigenvalue weighted by Gasteiger charge is 2.48. The fourth-order valence-electron chi connectivity index (χ4n) is 2.77. The zero-order valence-electron chi connectivity index (χ0n) is 10.1. The fourth-order valence-corrected chi connectivity index (χ4v) is 2.77. The summed E-state index contributed by atoms with van der Waals surface area (Å²) >= 11 is 0. The molecular formula is C14H16N2O2. The lowest BCUT2D eigenvalue weighted by Gasteiger charge is -2.27. The van der Waals surface area contributed by atoms with Crippen molar-refractivity contribution in [3.05, 3.63) is 35.4 Å². The maximum atomic E-state index is 10.3. The summed E-state index contributed by atoms with van der Waals surface area (Å²) in [7, 11) is 0. The number of hydrogen-bond donors (Lipinski definition) is 2. The maximum Gasteiger partial charge on any atom is 0.136 e. The number of aliphatic hydroxyl groups excluding tert-OH is 2. The van der Waals surface area contributed by atoms with Crippen LogP contribution in [0.5, 0.6) is 0 Å². The molecule has 94 valence electrons. The first-order valence-corrected chi connectivity index (χ1v) is 6.25. The summed E-state index contributed by atoms with van der Waals surface area (Å²) in [5.41, 5.74) is 1.54. The van der Waals surface area contributed by atoms with E-state index >= 15 is 0 Å². The number of rotatable bonds is 3. The number of hydrogen-bond acceptors (Lipinski definition) is 4. The highest BCUT2D eigenvalue weighted by molar-refractivity contribution is 5.34. The smallest absolute Gasteiger partial charge is 0.136 e. The Morgan fingerprint density at radius 3 is 2.22 bits per heavy atom. The van der Waals surface area contributed by atoms with E-state index in [2.05, 4.69) is 6.07 Å². The Balaban J connectivity index is 1.82. The van der Waals surface area contributed by atoms with Gasteiger partial charge in [-0.3, -0.25) is 0 Å². The largest absolute Gasteiger partial charge is 0.374 e. The van der Waals surface area contributed by atoms with Crippen LogP contribution in [-0.4, -0.2) is 21.7 Å². The predicted octanol–water partition coefficient (Wildman–Crippen LogP) is 1.68. The van der Waals surface area contributed by atoms with Crippen LogP contribution < -0.4 is 0 Å². The third-order valence-electron chi connectivity index (χ3n) is 4.11. The van der Waals surface area contributed by atoms with Gasteiger partial charge in [-0.1, -0.05) is 24.3 Å². The van der Waals surface area contributed by atoms with Crippen LogP contribution in [0.1, 0.15) is 42.8 Å². The minimum atomic E-state index is -0.757. The van der Waals surface area contributed by atoms with Gasteiger partial charge in [0, 0.05) is 24.1 Å². The highest BCUT2D eigenvalue weighted by Crippen LogP contribution is 2.52. The molecule has 2 unspecified atom stereocenters. The minimum absolute atomic E-state index is 0.0151. The van der Waals surface area contributed by atoms with Gasteiger partial charge in [0.15, 0.2) is 0 Å². The second-order valence-electron chi connectivity index (χ2n) is 5.38. The Labute approximate surface area is 106 Å². The van der Waals surface area contributed by atoms with Crippen LogP contribution in [0.2, 0.25) is 0 Å². The lowest BCUT2D eigenvalue weighted by Crippen LogP contribution is -2.32. The Bertz CT molecular complexity index is 476. The van der Waals surface area contributed by atoms with Crippen LogP contribution >= 0.6 is 0 Å². The average molecular weight is 244 g/mol. The lowest BCUT2D eigenvalue weighted by molar-refractivity contribution is -0.0939. The minimum Gasteiger partial charge on any atom is -0.374 e. The van der Waals surface area contributed by atoms with Gasteiger partial charge in [-0.15, -0.1) is 0 Å². The van der Waals surface area contributed by atoms with Crippen LogP contribution in [0.25, 0.3) is 0 Å². The molecule has 1 heterocycles. The zero-order valence-corrected chi connectivity index (χ0v) is 10.1. The molecule has 0 aromatic heterocycles. The molecule has 2 aliphatic rings. The van der Waals surface area contributed by atoms with Crippen LogP contribution in [0, 0.1) is 16.7 Å². The molecule has 0 saturated heterocycles. The van der Waals surface area contributed by atoms with E-state index in [-0.39, 0.29) is 5.41 Å². The number of aliphatic hydroxyl groups is 2. The van der Waals surface area contributed by atoms with E-state index in [9.17, 15) is 10.2 Å². The first-order valence-electron chi connectivity index (χ1n) is 6.25. The zero-order chi connectivity index (χ0) is 12.8. The van der Waals surface area contributed by atoms with Gasteiger partial charge < -0.3 is 10.2 Å². The quantitative estimate of drug-likeness (QED) is 0.848. The molecule has 1 aliphatic carbocycles. The fraction of sp³-hybridized carbons (Fsp3) is 0.500. The Hall–Kier alpha value is -1.41. The molecule has 1 fully saturated rings. The van der Waals surface area contributed by atoms with Crippen molar-refractivity contribution in [2.75, 3.05) is 6.54 Å². The summed E-state index contributed by atoms with van der Waals surface area (Å²) in [6, 6.07) is 9.61. The van der Waals surface area contributed by atoms with Gasteiger partial charge in [-0.25, -0.2) is 4.90 Å². The van der Waals surface area contributed by atoms with Gasteiger partial charge in [0.05, 0.1) is 6.07 Å². The first-order chi connectivity index (χ1) is 8.67. The van der Waals surface area contributed by atoms with Crippen molar-refractivity contribution in [1.29, 1.82) is 5.26 Å². The van der Waals surface area contributed by atoms with Gasteiger partial charge in [-0.05, 0) is 18.3 Å². The molecule has 4 heteroatoms. The standard InChI is InChI=1S/C14H16N2O2/c15-8-7-14(5-6-14)9-16-12(17)10-3-1-2-4-11(10)13(16)18/h1-4,12-13,17-18H,5-7,9H2. The van der Waals surface area contributed by atoms with Crippen molar-refractivity contribution < 1.29 is 10.2 Å². The number of nitrogens with zero attached hydrogens (tertiary/aromatic N) is 2. The van der Waals surface area contributed by atoms with Crippen molar-refractivity contribution in [3.63, 3.8) is 0 Å². The topological polar surface area (TPSA) is 67.5 Å². The van der Waals surface area contributed by atoms with Gasteiger partial charge in [-0.2, -0.15) is 5.26 Å². The molecule has 1 saturated carbocycles. The van der Waals surface area contributed by atoms with Gasteiger partial charge in [0.2, 0.25) is 0 Å². The lowest BCUT2D eigenvalue weighted by atomic mass is 10.0. The normalized spacial score (nSPS) is 28.7. The van der Waals surface area contributed by atoms with E-state index in [0.717, 1.165) is 24.0 Å². The molecule has 2 N–H and O–H groups in total. The maximum absolute atomic E-state index is 10.3. The van der Waals surface area contributed by atoms with Gasteiger partial charge >= 0.3 is 0 Å². The second kappa shape index (κ2) is 4.06. The molecule has 1 aromatic rings. The molecule has 18 heavy (non-hydrogen) atoms. The molecule has 4 nitrogen and oxygen atoms in total. The number of fused-ring (bicyclic) bond motifs is 1. The first kappa shape index (κ1) is 11.7. The summed E-state index contributed by atoms with van der Waals surface area (Å²) in [4.78, 5) is 1.69. The highest BCUT2D eigenvalue weighted by atomic mass is 16.3. The Kier molecular flexibility index (Phi) is 2.63. The van der Waals surface area contributed by atoms with Crippen molar-refractivity contribution in [2.24, 2.45) is 5.41 Å². The van der Waals surface area contributed by atoms with Crippen LogP contribution in [0.15, 0.2) is 24.3 Å². The Morgan fingerprint density at radius 1 is 1.22 bits per heavy atom. The van der Waals surface area contributed by atoms with Gasteiger partial charge in [0.25, 0.3) is 0 Å². The molecule has 1 aromatic carbocycles. The summed E-state index contributed by atoms with van der Waals surface area (Å²) in [5, 5.41) is 29.3. The van der Waals surface area contributed by atoms with Crippen molar-refractivity contribution in [1.82, 2.24) is 4.90 Å². The average Bonchev–Trinajstić information content (AvgIpc) is 3.10. The van der Waals surface area contributed by atoms with Crippen molar-refractivity contribution in [2.45, 2.75) is 31.7 Å². The van der Waals surface area contributed by atoms with E-state index in [1.54, 1.807) is 4.90 Å². The molecule has 0 radical (unpaired) electrons. The third-order valence-corrected chi connectivity index (χ3v) is 4.11. The number of nitriles is 1. The molecule has 0 bridgehead atoms. The summed E-state index contributed by atoms with van der Waals surface area (Å²) < 4.78 is 0. The SMILES string of the molecule is N#CCC1(CN2C(O)c3ccccc3C2O)CC1. The molecular weight excluding hydrogens is 228 g/mol. The molecule has 0 spiro atoms. The molecule has 1 aliphatic heterocycles. The van der Waals surface area contributed by atoms with Gasteiger partial charge in [0.1, 0.15) is 12.5 Å². The van der Waals surface area contributed by atoms with Crippen molar-refractivity contribution in [3.8, 4) is 6.07 Å². The molecule has 0 amide bonds. The second-order valence-corrected chi connectivity index (χ2v) is 5.38. The van der Waals surface area contributed by atoms with E-state index in [1.807, 2.05) is 24.3 Å². The predicted molar refractivity (Wildman–Crippen MR) is 65.0 cm³/mol. The van der Waals surface area contributed by atoms with Crippen LogP contribution in [0.3, 0.4) is 0 Å². The summed E-state index contributed by atoms with van der Waals surface area (Å²) in [5.74, 6) is 0. The van der Waals surface area contributed by atoms with E-state index in [4.69, 9.17) is 5.26 Å². The molecule has 2 atom stereocenters. The summed E-state index contributed by atoms with van der Waals surface area (Å²) in [6.45, 7) is 0.581. The third kappa shape index (κ3) is 1.72. The van der Waals surface area contributed by atoms with Crippen LogP contribution in [0.4, 0.5) is 0 Å². The monoisotopic (exact) mass is 244 g/mol. The summed E-state index contributed by atoms with van der Waals surface area (Å²) in [6.07, 6.45) is 0.999. The van der Waals surface area contributed by atoms with E-state index in [0.29, 0.717) is 13.0 Å². The molecule has 3 rings (SSSR count). The van der Waals surface area contributed by atoms with E-state index in [1.165, 1.54) is 0 Å². The van der Waals surface area contributed by atoms with E-state index < -0.39 is 12.5 Å². The Morgan fingerprint density at radius 2 is 1.78 bits per heavy atom.